The first-order chi connectivity index (χ1) is 9.93. The van der Waals surface area contributed by atoms with E-state index in [4.69, 9.17) is 5.11 Å². The van der Waals surface area contributed by atoms with E-state index in [9.17, 15) is 9.59 Å². The predicted octanol–water partition coefficient (Wildman–Crippen LogP) is 3.10. The monoisotopic (exact) mass is 298 g/mol. The van der Waals surface area contributed by atoms with Gasteiger partial charge in [0.05, 0.1) is 5.92 Å². The summed E-state index contributed by atoms with van der Waals surface area (Å²) in [4.78, 5) is 24.7. The second-order valence-corrected chi connectivity index (χ2v) is 6.50. The van der Waals surface area contributed by atoms with Crippen LogP contribution in [-0.4, -0.2) is 41.1 Å². The van der Waals surface area contributed by atoms with Gasteiger partial charge < -0.3 is 15.3 Å². The van der Waals surface area contributed by atoms with Crippen LogP contribution in [0.25, 0.3) is 0 Å². The number of urea groups is 1. The first-order valence-electron chi connectivity index (χ1n) is 8.20. The van der Waals surface area contributed by atoms with E-state index in [1.165, 1.54) is 19.3 Å². The van der Waals surface area contributed by atoms with Crippen LogP contribution < -0.4 is 5.32 Å². The highest BCUT2D eigenvalue weighted by molar-refractivity contribution is 5.78. The van der Waals surface area contributed by atoms with Crippen molar-refractivity contribution in [3.63, 3.8) is 0 Å². The van der Waals surface area contributed by atoms with Gasteiger partial charge in [-0.05, 0) is 25.7 Å². The minimum absolute atomic E-state index is 0.117. The Kier molecular flexibility index (Phi) is 7.54. The van der Waals surface area contributed by atoms with E-state index in [2.05, 4.69) is 19.2 Å². The molecule has 0 aliphatic carbocycles. The van der Waals surface area contributed by atoms with Crippen LogP contribution in [0.5, 0.6) is 0 Å². The highest BCUT2D eigenvalue weighted by Gasteiger charge is 2.37. The van der Waals surface area contributed by atoms with Gasteiger partial charge in [0.1, 0.15) is 0 Å². The predicted molar refractivity (Wildman–Crippen MR) is 83.2 cm³/mol. The minimum atomic E-state index is -0.803. The maximum absolute atomic E-state index is 12.0. The standard InChI is InChI=1S/C16H30N2O3/c1-12(2)8-6-4-5-7-10-17-16(21)18-11-9-14(13(18)3)15(19)20/h12-14H,4-11H2,1-3H3,(H,17,21)(H,19,20). The van der Waals surface area contributed by atoms with Gasteiger partial charge in [0.15, 0.2) is 0 Å². The van der Waals surface area contributed by atoms with Crippen molar-refractivity contribution in [1.82, 2.24) is 10.2 Å². The summed E-state index contributed by atoms with van der Waals surface area (Å²) in [5.41, 5.74) is 0. The van der Waals surface area contributed by atoms with Crippen molar-refractivity contribution in [2.75, 3.05) is 13.1 Å². The van der Waals surface area contributed by atoms with Crippen LogP contribution in [-0.2, 0) is 4.79 Å². The maximum atomic E-state index is 12.0. The van der Waals surface area contributed by atoms with E-state index in [1.807, 2.05) is 6.92 Å². The molecular formula is C16H30N2O3. The molecule has 1 saturated heterocycles. The lowest BCUT2D eigenvalue weighted by Gasteiger charge is -2.23. The Labute approximate surface area is 128 Å². The molecule has 1 aliphatic rings. The molecule has 2 unspecified atom stereocenters. The van der Waals surface area contributed by atoms with Crippen LogP contribution in [0.1, 0.15) is 59.3 Å². The lowest BCUT2D eigenvalue weighted by atomic mass is 10.0. The number of amides is 2. The van der Waals surface area contributed by atoms with Crippen molar-refractivity contribution in [2.45, 2.75) is 65.3 Å². The average Bonchev–Trinajstić information content (AvgIpc) is 2.79. The summed E-state index contributed by atoms with van der Waals surface area (Å²) in [6.45, 7) is 7.51. The second kappa shape index (κ2) is 8.90. The molecule has 2 atom stereocenters. The Bertz CT molecular complexity index is 344. The van der Waals surface area contributed by atoms with Crippen molar-refractivity contribution in [3.05, 3.63) is 0 Å². The van der Waals surface area contributed by atoms with E-state index < -0.39 is 11.9 Å². The largest absolute Gasteiger partial charge is 0.481 e. The molecule has 5 heteroatoms. The van der Waals surface area contributed by atoms with Crippen LogP contribution in [0.4, 0.5) is 4.79 Å². The van der Waals surface area contributed by atoms with Crippen molar-refractivity contribution < 1.29 is 14.7 Å². The molecule has 1 rings (SSSR count). The molecule has 21 heavy (non-hydrogen) atoms. The van der Waals surface area contributed by atoms with Crippen molar-refractivity contribution >= 4 is 12.0 Å². The van der Waals surface area contributed by atoms with E-state index >= 15 is 0 Å². The Morgan fingerprint density at radius 3 is 2.48 bits per heavy atom. The van der Waals surface area contributed by atoms with Crippen molar-refractivity contribution in [3.8, 4) is 0 Å². The van der Waals surface area contributed by atoms with Gasteiger partial charge in [0.25, 0.3) is 0 Å². The van der Waals surface area contributed by atoms with E-state index in [-0.39, 0.29) is 12.1 Å². The van der Waals surface area contributed by atoms with Gasteiger partial charge >= 0.3 is 12.0 Å². The Morgan fingerprint density at radius 2 is 1.90 bits per heavy atom. The smallest absolute Gasteiger partial charge is 0.317 e. The van der Waals surface area contributed by atoms with Crippen molar-refractivity contribution in [2.24, 2.45) is 11.8 Å². The SMILES string of the molecule is CC(C)CCCCCCNC(=O)N1CCC(C(=O)O)C1C. The number of hydrogen-bond acceptors (Lipinski definition) is 2. The molecule has 122 valence electrons. The summed E-state index contributed by atoms with van der Waals surface area (Å²) >= 11 is 0. The molecule has 0 bridgehead atoms. The molecule has 2 amide bonds. The van der Waals surface area contributed by atoms with Gasteiger partial charge in [-0.1, -0.05) is 39.5 Å². The van der Waals surface area contributed by atoms with Crippen LogP contribution in [0.2, 0.25) is 0 Å². The maximum Gasteiger partial charge on any atom is 0.317 e. The highest BCUT2D eigenvalue weighted by Crippen LogP contribution is 2.24. The number of unbranched alkanes of at least 4 members (excludes halogenated alkanes) is 3. The van der Waals surface area contributed by atoms with E-state index in [0.29, 0.717) is 19.5 Å². The third-order valence-electron chi connectivity index (χ3n) is 4.32. The number of aliphatic carboxylic acids is 1. The van der Waals surface area contributed by atoms with Gasteiger partial charge in [-0.2, -0.15) is 0 Å². The molecule has 1 aliphatic heterocycles. The summed E-state index contributed by atoms with van der Waals surface area (Å²) in [6, 6.07) is -0.332. The molecule has 1 heterocycles. The topological polar surface area (TPSA) is 69.6 Å². The van der Waals surface area contributed by atoms with Crippen LogP contribution in [0, 0.1) is 11.8 Å². The van der Waals surface area contributed by atoms with Gasteiger partial charge in [-0.25, -0.2) is 4.79 Å². The Balaban J connectivity index is 2.13. The average molecular weight is 298 g/mol. The van der Waals surface area contributed by atoms with Gasteiger partial charge in [0, 0.05) is 19.1 Å². The van der Waals surface area contributed by atoms with Crippen LogP contribution >= 0.6 is 0 Å². The third-order valence-corrected chi connectivity index (χ3v) is 4.32. The number of nitrogens with one attached hydrogen (secondary N) is 1. The molecule has 1 fully saturated rings. The summed E-state index contributed by atoms with van der Waals surface area (Å²) in [5, 5.41) is 12.0. The quantitative estimate of drug-likeness (QED) is 0.676. The number of carboxylic acids is 1. The van der Waals surface area contributed by atoms with E-state index in [0.717, 1.165) is 18.8 Å². The number of hydrogen-bond donors (Lipinski definition) is 2. The summed E-state index contributed by atoms with van der Waals surface area (Å²) in [7, 11) is 0. The molecule has 0 aromatic rings. The zero-order valence-electron chi connectivity index (χ0n) is 13.6. The third kappa shape index (κ3) is 5.94. The van der Waals surface area contributed by atoms with Crippen LogP contribution in [0.3, 0.4) is 0 Å². The number of carboxylic acid groups (broad SMARTS) is 1. The zero-order valence-corrected chi connectivity index (χ0v) is 13.6. The molecule has 0 saturated carbocycles. The lowest BCUT2D eigenvalue weighted by Crippen LogP contribution is -2.44. The van der Waals surface area contributed by atoms with Crippen molar-refractivity contribution in [1.29, 1.82) is 0 Å². The molecule has 0 spiro atoms. The lowest BCUT2D eigenvalue weighted by molar-refractivity contribution is -0.142. The summed E-state index contributed by atoms with van der Waals surface area (Å²) < 4.78 is 0. The molecular weight excluding hydrogens is 268 g/mol. The molecule has 0 aromatic carbocycles. The Hall–Kier alpha value is -1.26. The Morgan fingerprint density at radius 1 is 1.24 bits per heavy atom. The van der Waals surface area contributed by atoms with Gasteiger partial charge in [-0.3, -0.25) is 4.79 Å². The minimum Gasteiger partial charge on any atom is -0.481 e. The van der Waals surface area contributed by atoms with Gasteiger partial charge in [-0.15, -0.1) is 0 Å². The fraction of sp³-hybridized carbons (Fsp3) is 0.875. The number of carbonyl (C=O) groups excluding carboxylic acids is 1. The highest BCUT2D eigenvalue weighted by atomic mass is 16.4. The molecule has 2 N–H and O–H groups in total. The number of carbonyl (C=O) groups is 2. The summed E-state index contributed by atoms with van der Waals surface area (Å²) in [5.74, 6) is -0.460. The first-order valence-corrected chi connectivity index (χ1v) is 8.20. The normalized spacial score (nSPS) is 21.8. The molecule has 0 aromatic heterocycles. The second-order valence-electron chi connectivity index (χ2n) is 6.50. The number of nitrogens with zero attached hydrogens (tertiary/aromatic N) is 1. The zero-order chi connectivity index (χ0) is 15.8. The van der Waals surface area contributed by atoms with Gasteiger partial charge in [0.2, 0.25) is 0 Å². The molecule has 5 nitrogen and oxygen atoms in total. The fourth-order valence-electron chi connectivity index (χ4n) is 2.88. The first kappa shape index (κ1) is 17.8. The number of likely N-dealkylation sites (tertiary alicyclic amines) is 1. The fourth-order valence-corrected chi connectivity index (χ4v) is 2.88. The van der Waals surface area contributed by atoms with E-state index in [1.54, 1.807) is 4.90 Å². The summed E-state index contributed by atoms with van der Waals surface area (Å²) in [6.07, 6.45) is 6.44. The van der Waals surface area contributed by atoms with Crippen LogP contribution in [0.15, 0.2) is 0 Å². The molecule has 0 radical (unpaired) electrons. The number of rotatable bonds is 8.